The lowest BCUT2D eigenvalue weighted by atomic mass is 9.84. The first-order chi connectivity index (χ1) is 19.3. The van der Waals surface area contributed by atoms with Crippen LogP contribution in [0.25, 0.3) is 21.8 Å². The van der Waals surface area contributed by atoms with E-state index in [0.717, 1.165) is 12.8 Å². The van der Waals surface area contributed by atoms with E-state index in [1.165, 1.54) is 84.4 Å². The van der Waals surface area contributed by atoms with Gasteiger partial charge >= 0.3 is 0 Å². The molecule has 0 radical (unpaired) electrons. The number of nitrogens with zero attached hydrogens (tertiary/aromatic N) is 1. The molecule has 3 unspecified atom stereocenters. The number of para-hydroxylation sites is 1. The van der Waals surface area contributed by atoms with Gasteiger partial charge in [-0.15, -0.1) is 0 Å². The molecule has 3 nitrogen and oxygen atoms in total. The highest BCUT2D eigenvalue weighted by Gasteiger charge is 2.26. The Hall–Kier alpha value is -3.46. The zero-order chi connectivity index (χ0) is 26.2. The van der Waals surface area contributed by atoms with Crippen LogP contribution in [0.2, 0.25) is 0 Å². The van der Waals surface area contributed by atoms with Gasteiger partial charge in [0.1, 0.15) is 0 Å². The van der Waals surface area contributed by atoms with E-state index in [1.54, 1.807) is 16.7 Å². The normalized spacial score (nSPS) is 25.5. The molecule has 2 aromatic carbocycles. The summed E-state index contributed by atoms with van der Waals surface area (Å²) in [6.07, 6.45) is 25.9. The highest BCUT2D eigenvalue weighted by atomic mass is 15.0. The van der Waals surface area contributed by atoms with Gasteiger partial charge in [-0.25, -0.2) is 0 Å². The molecule has 3 aliphatic carbocycles. The molecular weight excluding hydrogens is 474 g/mol. The third kappa shape index (κ3) is 4.67. The second-order valence-electron chi connectivity index (χ2n) is 11.9. The molecule has 1 aromatic heterocycles. The summed E-state index contributed by atoms with van der Waals surface area (Å²) in [5.41, 5.74) is 10.3. The smallest absolute Gasteiger partial charge is 0.0515 e. The zero-order valence-corrected chi connectivity index (χ0v) is 23.3. The van der Waals surface area contributed by atoms with Crippen LogP contribution in [0.15, 0.2) is 101 Å². The number of hydrogen-bond donors (Lipinski definition) is 2. The van der Waals surface area contributed by atoms with Crippen LogP contribution >= 0.6 is 0 Å². The number of anilines is 1. The van der Waals surface area contributed by atoms with E-state index < -0.39 is 0 Å². The van der Waals surface area contributed by atoms with Crippen LogP contribution < -0.4 is 10.6 Å². The van der Waals surface area contributed by atoms with Crippen molar-refractivity contribution in [2.45, 2.75) is 89.3 Å². The summed E-state index contributed by atoms with van der Waals surface area (Å²) in [6, 6.07) is 17.5. The molecule has 3 aromatic rings. The molecule has 1 aliphatic heterocycles. The maximum atomic E-state index is 4.00. The van der Waals surface area contributed by atoms with Crippen molar-refractivity contribution in [3.8, 4) is 0 Å². The second kappa shape index (κ2) is 10.6. The van der Waals surface area contributed by atoms with Crippen LogP contribution in [0, 0.1) is 0 Å². The SMILES string of the molecule is CC1=C(C2=CCC(Nc3cccc4c3c3ccccc3n4C3CC=C(C4CCC=CN4)CC3)CC2)CCC=C1. The minimum atomic E-state index is 0.485. The number of aromatic nitrogens is 1. The van der Waals surface area contributed by atoms with Gasteiger partial charge < -0.3 is 15.2 Å². The highest BCUT2D eigenvalue weighted by molar-refractivity contribution is 6.14. The molecule has 2 N–H and O–H groups in total. The van der Waals surface area contributed by atoms with E-state index in [4.69, 9.17) is 0 Å². The molecule has 39 heavy (non-hydrogen) atoms. The molecule has 200 valence electrons. The topological polar surface area (TPSA) is 29.0 Å². The molecule has 0 amide bonds. The summed E-state index contributed by atoms with van der Waals surface area (Å²) < 4.78 is 2.65. The standard InChI is InChI=1S/C36H41N3/c1-25-9-2-3-10-30(25)26-16-20-28(21-17-26)38-33-13-8-15-35-36(33)31-11-4-5-14-34(31)39(35)29-22-18-27(19-23-29)32-12-6-7-24-37-32/h2,4-5,7-9,11,13-16,18,24,28-29,32,37-38H,3,6,10,12,17,19-23H2,1H3. The summed E-state index contributed by atoms with van der Waals surface area (Å²) in [6.45, 7) is 2.28. The number of fused-ring (bicyclic) bond motifs is 3. The van der Waals surface area contributed by atoms with E-state index in [9.17, 15) is 0 Å². The third-order valence-electron chi connectivity index (χ3n) is 9.57. The minimum Gasteiger partial charge on any atom is -0.385 e. The molecule has 0 fully saturated rings. The maximum absolute atomic E-state index is 4.00. The summed E-state index contributed by atoms with van der Waals surface area (Å²) in [5.74, 6) is 0. The lowest BCUT2D eigenvalue weighted by Gasteiger charge is -2.30. The van der Waals surface area contributed by atoms with Crippen molar-refractivity contribution in [2.75, 3.05) is 5.32 Å². The number of hydrogen-bond acceptors (Lipinski definition) is 2. The first-order valence-corrected chi connectivity index (χ1v) is 15.2. The van der Waals surface area contributed by atoms with Gasteiger partial charge in [0.2, 0.25) is 0 Å². The van der Waals surface area contributed by atoms with Crippen LogP contribution in [-0.2, 0) is 0 Å². The summed E-state index contributed by atoms with van der Waals surface area (Å²) in [4.78, 5) is 0. The average molecular weight is 516 g/mol. The van der Waals surface area contributed by atoms with E-state index in [2.05, 4.69) is 101 Å². The molecule has 0 saturated carbocycles. The Kier molecular flexibility index (Phi) is 6.68. The Labute approximate surface area is 233 Å². The Morgan fingerprint density at radius 2 is 1.77 bits per heavy atom. The van der Waals surface area contributed by atoms with Gasteiger partial charge in [0.25, 0.3) is 0 Å². The maximum Gasteiger partial charge on any atom is 0.0515 e. The fraction of sp³-hybridized carbons (Fsp3) is 0.389. The molecule has 4 aliphatic rings. The van der Waals surface area contributed by atoms with Crippen molar-refractivity contribution < 1.29 is 0 Å². The Bertz CT molecular complexity index is 1540. The lowest BCUT2D eigenvalue weighted by molar-refractivity contribution is 0.449. The Balaban J connectivity index is 1.17. The van der Waals surface area contributed by atoms with Gasteiger partial charge in [0.05, 0.1) is 5.52 Å². The third-order valence-corrected chi connectivity index (χ3v) is 9.57. The average Bonchev–Trinajstić information content (AvgIpc) is 3.34. The van der Waals surface area contributed by atoms with Crippen LogP contribution in [0.5, 0.6) is 0 Å². The van der Waals surface area contributed by atoms with Gasteiger partial charge in [0, 0.05) is 40.1 Å². The first kappa shape index (κ1) is 24.6. The predicted molar refractivity (Wildman–Crippen MR) is 166 cm³/mol. The minimum absolute atomic E-state index is 0.485. The second-order valence-corrected chi connectivity index (χ2v) is 11.9. The van der Waals surface area contributed by atoms with Gasteiger partial charge in [-0.05, 0) is 112 Å². The van der Waals surface area contributed by atoms with Crippen molar-refractivity contribution >= 4 is 27.5 Å². The number of allylic oxidation sites excluding steroid dienone is 7. The van der Waals surface area contributed by atoms with Gasteiger partial charge in [-0.3, -0.25) is 0 Å². The number of rotatable bonds is 5. The van der Waals surface area contributed by atoms with E-state index in [0.29, 0.717) is 18.1 Å². The van der Waals surface area contributed by atoms with Crippen LogP contribution in [0.4, 0.5) is 5.69 Å². The van der Waals surface area contributed by atoms with Gasteiger partial charge in [-0.2, -0.15) is 0 Å². The van der Waals surface area contributed by atoms with E-state index in [1.807, 2.05) is 0 Å². The molecule has 3 heteroatoms. The van der Waals surface area contributed by atoms with Gasteiger partial charge in [-0.1, -0.05) is 60.2 Å². The lowest BCUT2D eigenvalue weighted by Crippen LogP contribution is -2.30. The monoisotopic (exact) mass is 515 g/mol. The van der Waals surface area contributed by atoms with Crippen molar-refractivity contribution in [2.24, 2.45) is 0 Å². The molecular formula is C36H41N3. The zero-order valence-electron chi connectivity index (χ0n) is 23.3. The highest BCUT2D eigenvalue weighted by Crippen LogP contribution is 2.41. The predicted octanol–water partition coefficient (Wildman–Crippen LogP) is 9.27. The van der Waals surface area contributed by atoms with Crippen molar-refractivity contribution in [1.82, 2.24) is 9.88 Å². The molecule has 2 heterocycles. The fourth-order valence-electron chi connectivity index (χ4n) is 7.52. The van der Waals surface area contributed by atoms with E-state index >= 15 is 0 Å². The van der Waals surface area contributed by atoms with Crippen LogP contribution in [-0.4, -0.2) is 16.7 Å². The molecule has 7 rings (SSSR count). The largest absolute Gasteiger partial charge is 0.385 e. The fourth-order valence-corrected chi connectivity index (χ4v) is 7.52. The number of benzene rings is 2. The molecule has 0 bridgehead atoms. The molecule has 0 spiro atoms. The first-order valence-electron chi connectivity index (χ1n) is 15.2. The van der Waals surface area contributed by atoms with Gasteiger partial charge in [0.15, 0.2) is 0 Å². The van der Waals surface area contributed by atoms with Crippen LogP contribution in [0.3, 0.4) is 0 Å². The van der Waals surface area contributed by atoms with Crippen LogP contribution in [0.1, 0.15) is 77.2 Å². The molecule has 3 atom stereocenters. The Morgan fingerprint density at radius 1 is 0.846 bits per heavy atom. The summed E-state index contributed by atoms with van der Waals surface area (Å²) >= 11 is 0. The van der Waals surface area contributed by atoms with Crippen molar-refractivity contribution in [1.29, 1.82) is 0 Å². The summed E-state index contributed by atoms with van der Waals surface area (Å²) in [7, 11) is 0. The van der Waals surface area contributed by atoms with E-state index in [-0.39, 0.29) is 0 Å². The van der Waals surface area contributed by atoms with Crippen molar-refractivity contribution in [3.63, 3.8) is 0 Å². The number of nitrogens with one attached hydrogen (secondary N) is 2. The summed E-state index contributed by atoms with van der Waals surface area (Å²) in [5, 5.41) is 10.4. The molecule has 0 saturated heterocycles. The Morgan fingerprint density at radius 3 is 2.56 bits per heavy atom. The van der Waals surface area contributed by atoms with Crippen molar-refractivity contribution in [3.05, 3.63) is 101 Å². The quantitative estimate of drug-likeness (QED) is 0.332.